The average Bonchev–Trinajstić information content (AvgIpc) is 2.31. The van der Waals surface area contributed by atoms with Crippen LogP contribution >= 0.6 is 0 Å². The van der Waals surface area contributed by atoms with Gasteiger partial charge < -0.3 is 16.0 Å². The van der Waals surface area contributed by atoms with Crippen molar-refractivity contribution in [2.75, 3.05) is 51.8 Å². The Kier molecular flexibility index (Phi) is 6.32. The van der Waals surface area contributed by atoms with E-state index in [0.29, 0.717) is 17.9 Å². The molecule has 0 aromatic heterocycles. The number of hydrogen-bond acceptors (Lipinski definition) is 4. The first-order chi connectivity index (χ1) is 8.99. The van der Waals surface area contributed by atoms with Crippen LogP contribution in [-0.2, 0) is 4.79 Å². The van der Waals surface area contributed by atoms with Crippen LogP contribution in [0.2, 0.25) is 0 Å². The molecule has 0 heterocycles. The van der Waals surface area contributed by atoms with Gasteiger partial charge in [-0.05, 0) is 52.8 Å². The monoisotopic (exact) mass is 264 g/mol. The number of anilines is 2. The molecule has 0 atom stereocenters. The first kappa shape index (κ1) is 15.5. The molecule has 0 unspecified atom stereocenters. The van der Waals surface area contributed by atoms with Crippen LogP contribution in [0.1, 0.15) is 6.42 Å². The molecule has 0 aliphatic rings. The lowest BCUT2D eigenvalue weighted by Gasteiger charge is -2.18. The largest absolute Gasteiger partial charge is 0.397 e. The summed E-state index contributed by atoms with van der Waals surface area (Å²) in [6.07, 6.45) is 1.05. The van der Waals surface area contributed by atoms with E-state index in [2.05, 4.69) is 10.2 Å². The maximum absolute atomic E-state index is 11.9. The number of amides is 1. The van der Waals surface area contributed by atoms with Crippen molar-refractivity contribution in [3.05, 3.63) is 24.3 Å². The Balaban J connectivity index is 2.33. The second kappa shape index (κ2) is 7.76. The lowest BCUT2D eigenvalue weighted by Crippen LogP contribution is -2.32. The average molecular weight is 264 g/mol. The van der Waals surface area contributed by atoms with E-state index < -0.39 is 0 Å². The van der Waals surface area contributed by atoms with Gasteiger partial charge in [-0.15, -0.1) is 0 Å². The van der Waals surface area contributed by atoms with Crippen molar-refractivity contribution in [2.45, 2.75) is 6.42 Å². The van der Waals surface area contributed by atoms with E-state index in [0.717, 1.165) is 19.5 Å². The number of para-hydroxylation sites is 2. The van der Waals surface area contributed by atoms with E-state index in [1.807, 2.05) is 38.2 Å². The van der Waals surface area contributed by atoms with Gasteiger partial charge in [0.1, 0.15) is 0 Å². The molecule has 0 bridgehead atoms. The Hall–Kier alpha value is -1.59. The fourth-order valence-electron chi connectivity index (χ4n) is 1.78. The zero-order chi connectivity index (χ0) is 14.3. The smallest absolute Gasteiger partial charge is 0.238 e. The first-order valence-electron chi connectivity index (χ1n) is 6.46. The number of nitrogens with one attached hydrogen (secondary N) is 1. The minimum atomic E-state index is -0.0368. The Morgan fingerprint density at radius 3 is 2.53 bits per heavy atom. The molecule has 0 fully saturated rings. The van der Waals surface area contributed by atoms with Gasteiger partial charge in [0.15, 0.2) is 0 Å². The highest BCUT2D eigenvalue weighted by Gasteiger charge is 2.08. The van der Waals surface area contributed by atoms with Gasteiger partial charge in [0.05, 0.1) is 17.9 Å². The number of rotatable bonds is 7. The molecule has 19 heavy (non-hydrogen) atoms. The van der Waals surface area contributed by atoms with Gasteiger partial charge in [0, 0.05) is 0 Å². The van der Waals surface area contributed by atoms with Gasteiger partial charge in [-0.1, -0.05) is 12.1 Å². The summed E-state index contributed by atoms with van der Waals surface area (Å²) >= 11 is 0. The maximum Gasteiger partial charge on any atom is 0.238 e. The molecule has 1 aromatic rings. The van der Waals surface area contributed by atoms with Crippen molar-refractivity contribution in [1.82, 2.24) is 9.80 Å². The van der Waals surface area contributed by atoms with Gasteiger partial charge in [0.25, 0.3) is 0 Å². The molecule has 0 aliphatic heterocycles. The number of nitrogen functional groups attached to an aromatic ring is 1. The van der Waals surface area contributed by atoms with Crippen LogP contribution in [0.4, 0.5) is 11.4 Å². The Morgan fingerprint density at radius 1 is 1.21 bits per heavy atom. The van der Waals surface area contributed by atoms with Crippen LogP contribution in [0.15, 0.2) is 24.3 Å². The summed E-state index contributed by atoms with van der Waals surface area (Å²) in [7, 11) is 6.04. The zero-order valence-corrected chi connectivity index (χ0v) is 12.0. The van der Waals surface area contributed by atoms with Gasteiger partial charge in [0.2, 0.25) is 5.91 Å². The summed E-state index contributed by atoms with van der Waals surface area (Å²) in [5.74, 6) is -0.0368. The fraction of sp³-hybridized carbons (Fsp3) is 0.500. The molecule has 1 amide bonds. The lowest BCUT2D eigenvalue weighted by molar-refractivity contribution is -0.117. The molecule has 0 aliphatic carbocycles. The summed E-state index contributed by atoms with van der Waals surface area (Å²) in [5, 5.41) is 2.82. The Morgan fingerprint density at radius 2 is 1.89 bits per heavy atom. The van der Waals surface area contributed by atoms with Crippen molar-refractivity contribution >= 4 is 17.3 Å². The minimum absolute atomic E-state index is 0.0368. The second-order valence-electron chi connectivity index (χ2n) is 5.03. The quantitative estimate of drug-likeness (QED) is 0.724. The van der Waals surface area contributed by atoms with Crippen molar-refractivity contribution < 1.29 is 4.79 Å². The molecule has 5 nitrogen and oxygen atoms in total. The number of likely N-dealkylation sites (N-methyl/N-ethyl adjacent to an activating group) is 1. The molecule has 0 saturated carbocycles. The third-order valence-electron chi connectivity index (χ3n) is 2.79. The highest BCUT2D eigenvalue weighted by molar-refractivity contribution is 5.95. The van der Waals surface area contributed by atoms with E-state index in [4.69, 9.17) is 5.73 Å². The second-order valence-corrected chi connectivity index (χ2v) is 5.03. The van der Waals surface area contributed by atoms with Gasteiger partial charge in [-0.25, -0.2) is 0 Å². The van der Waals surface area contributed by atoms with Crippen molar-refractivity contribution in [3.63, 3.8) is 0 Å². The van der Waals surface area contributed by atoms with Crippen LogP contribution in [0, 0.1) is 0 Å². The predicted octanol–water partition coefficient (Wildman–Crippen LogP) is 1.09. The SMILES string of the molecule is CN(C)CCCN(C)CC(=O)Nc1ccccc1N. The van der Waals surface area contributed by atoms with Crippen LogP contribution < -0.4 is 11.1 Å². The minimum Gasteiger partial charge on any atom is -0.397 e. The van der Waals surface area contributed by atoms with Gasteiger partial charge in [-0.3, -0.25) is 9.69 Å². The highest BCUT2D eigenvalue weighted by Crippen LogP contribution is 2.16. The zero-order valence-electron chi connectivity index (χ0n) is 12.0. The van der Waals surface area contributed by atoms with Gasteiger partial charge in [-0.2, -0.15) is 0 Å². The van der Waals surface area contributed by atoms with Crippen molar-refractivity contribution in [1.29, 1.82) is 0 Å². The summed E-state index contributed by atoms with van der Waals surface area (Å²) in [6, 6.07) is 7.28. The fourth-order valence-corrected chi connectivity index (χ4v) is 1.78. The predicted molar refractivity (Wildman–Crippen MR) is 80.2 cm³/mol. The van der Waals surface area contributed by atoms with E-state index in [1.165, 1.54) is 0 Å². The number of nitrogens with zero attached hydrogens (tertiary/aromatic N) is 2. The summed E-state index contributed by atoms with van der Waals surface area (Å²) in [6.45, 7) is 2.30. The number of carbonyl (C=O) groups excluding carboxylic acids is 1. The third kappa shape index (κ3) is 6.22. The van der Waals surface area contributed by atoms with Crippen LogP contribution in [0.3, 0.4) is 0 Å². The lowest BCUT2D eigenvalue weighted by atomic mass is 10.2. The van der Waals surface area contributed by atoms with Gasteiger partial charge >= 0.3 is 0 Å². The van der Waals surface area contributed by atoms with Crippen LogP contribution in [0.25, 0.3) is 0 Å². The molecule has 0 radical (unpaired) electrons. The molecule has 1 aromatic carbocycles. The van der Waals surface area contributed by atoms with Crippen LogP contribution in [0.5, 0.6) is 0 Å². The number of hydrogen-bond donors (Lipinski definition) is 2. The molecule has 5 heteroatoms. The third-order valence-corrected chi connectivity index (χ3v) is 2.79. The van der Waals surface area contributed by atoms with E-state index >= 15 is 0 Å². The Labute approximate surface area is 115 Å². The van der Waals surface area contributed by atoms with Crippen molar-refractivity contribution in [2.24, 2.45) is 0 Å². The molecule has 0 saturated heterocycles. The molecule has 0 spiro atoms. The molecule has 3 N–H and O–H groups in total. The standard InChI is InChI=1S/C14H24N4O/c1-17(2)9-6-10-18(3)11-14(19)16-13-8-5-4-7-12(13)15/h4-5,7-8H,6,9-11,15H2,1-3H3,(H,16,19). The highest BCUT2D eigenvalue weighted by atomic mass is 16.2. The van der Waals surface area contributed by atoms with Crippen molar-refractivity contribution in [3.8, 4) is 0 Å². The molecule has 1 rings (SSSR count). The maximum atomic E-state index is 11.9. The normalized spacial score (nSPS) is 11.0. The first-order valence-corrected chi connectivity index (χ1v) is 6.46. The van der Waals surface area contributed by atoms with Crippen LogP contribution in [-0.4, -0.2) is 56.5 Å². The number of nitrogens with two attached hydrogens (primary N) is 1. The van der Waals surface area contributed by atoms with E-state index in [9.17, 15) is 4.79 Å². The summed E-state index contributed by atoms with van der Waals surface area (Å²) in [4.78, 5) is 16.0. The number of carbonyl (C=O) groups is 1. The topological polar surface area (TPSA) is 61.6 Å². The van der Waals surface area contributed by atoms with E-state index in [1.54, 1.807) is 12.1 Å². The molecular weight excluding hydrogens is 240 g/mol. The summed E-state index contributed by atoms with van der Waals surface area (Å²) in [5.41, 5.74) is 7.04. The summed E-state index contributed by atoms with van der Waals surface area (Å²) < 4.78 is 0. The number of benzene rings is 1. The molecular formula is C14H24N4O. The molecule has 106 valence electrons. The Bertz CT molecular complexity index is 406. The van der Waals surface area contributed by atoms with E-state index in [-0.39, 0.29) is 5.91 Å².